The molecule has 2 atom stereocenters. The minimum atomic E-state index is -1.08. The van der Waals surface area contributed by atoms with Crippen LogP contribution < -0.4 is 10.1 Å². The molecule has 0 aliphatic heterocycles. The molecule has 0 saturated carbocycles. The Labute approximate surface area is 112 Å². The van der Waals surface area contributed by atoms with Gasteiger partial charge in [-0.1, -0.05) is 19.1 Å². The molecule has 19 heavy (non-hydrogen) atoms. The molecular formula is C14H19NO4. The first-order chi connectivity index (χ1) is 8.95. The number of hydrogen-bond donors (Lipinski definition) is 2. The molecule has 5 heteroatoms. The predicted molar refractivity (Wildman–Crippen MR) is 71.4 cm³/mol. The third-order valence-corrected chi connectivity index (χ3v) is 2.79. The van der Waals surface area contributed by atoms with E-state index in [1.165, 1.54) is 12.1 Å². The number of amides is 1. The van der Waals surface area contributed by atoms with Gasteiger partial charge in [-0.25, -0.2) is 4.79 Å². The molecule has 0 fully saturated rings. The van der Waals surface area contributed by atoms with E-state index in [2.05, 4.69) is 5.32 Å². The molecule has 5 nitrogen and oxygen atoms in total. The van der Waals surface area contributed by atoms with Crippen molar-refractivity contribution in [3.05, 3.63) is 29.8 Å². The summed E-state index contributed by atoms with van der Waals surface area (Å²) < 4.78 is 5.42. The SMILES string of the molecule is CCC(C)NC(=O)C(C)Oc1ccccc1C(=O)O. The van der Waals surface area contributed by atoms with Crippen LogP contribution >= 0.6 is 0 Å². The Morgan fingerprint density at radius 2 is 1.95 bits per heavy atom. The largest absolute Gasteiger partial charge is 0.480 e. The number of carboxylic acids is 1. The van der Waals surface area contributed by atoms with Gasteiger partial charge in [0.2, 0.25) is 0 Å². The maximum Gasteiger partial charge on any atom is 0.339 e. The minimum absolute atomic E-state index is 0.0469. The Kier molecular flexibility index (Phi) is 5.36. The van der Waals surface area contributed by atoms with Crippen molar-refractivity contribution in [2.24, 2.45) is 0 Å². The normalized spacial score (nSPS) is 13.4. The van der Waals surface area contributed by atoms with Crippen LogP contribution in [0.5, 0.6) is 5.75 Å². The summed E-state index contributed by atoms with van der Waals surface area (Å²) in [5.74, 6) is -1.14. The zero-order valence-electron chi connectivity index (χ0n) is 11.3. The molecule has 1 aromatic carbocycles. The van der Waals surface area contributed by atoms with E-state index in [1.807, 2.05) is 13.8 Å². The van der Waals surface area contributed by atoms with Gasteiger partial charge in [0.1, 0.15) is 11.3 Å². The highest BCUT2D eigenvalue weighted by Gasteiger charge is 2.19. The van der Waals surface area contributed by atoms with Crippen molar-refractivity contribution in [1.82, 2.24) is 5.32 Å². The molecule has 0 spiro atoms. The highest BCUT2D eigenvalue weighted by Crippen LogP contribution is 2.19. The first-order valence-electron chi connectivity index (χ1n) is 6.25. The van der Waals surface area contributed by atoms with Gasteiger partial charge in [-0.3, -0.25) is 4.79 Å². The molecule has 2 unspecified atom stereocenters. The molecule has 1 amide bonds. The van der Waals surface area contributed by atoms with Gasteiger partial charge in [0.05, 0.1) is 0 Å². The maximum absolute atomic E-state index is 11.8. The molecule has 0 heterocycles. The second-order valence-corrected chi connectivity index (χ2v) is 4.38. The van der Waals surface area contributed by atoms with Gasteiger partial charge < -0.3 is 15.2 Å². The summed E-state index contributed by atoms with van der Waals surface area (Å²) in [5, 5.41) is 11.8. The summed E-state index contributed by atoms with van der Waals surface area (Å²) in [6.07, 6.45) is 0.0824. The molecule has 0 aliphatic carbocycles. The smallest absolute Gasteiger partial charge is 0.339 e. The number of para-hydroxylation sites is 1. The second kappa shape index (κ2) is 6.78. The van der Waals surface area contributed by atoms with Crippen LogP contribution in [-0.2, 0) is 4.79 Å². The average Bonchev–Trinajstić information content (AvgIpc) is 2.38. The third kappa shape index (κ3) is 4.28. The van der Waals surface area contributed by atoms with E-state index in [1.54, 1.807) is 19.1 Å². The summed E-state index contributed by atoms with van der Waals surface area (Å²) in [5.41, 5.74) is 0.0469. The summed E-state index contributed by atoms with van der Waals surface area (Å²) >= 11 is 0. The number of benzene rings is 1. The fourth-order valence-electron chi connectivity index (χ4n) is 1.45. The van der Waals surface area contributed by atoms with Gasteiger partial charge in [0, 0.05) is 6.04 Å². The van der Waals surface area contributed by atoms with Crippen LogP contribution in [0.15, 0.2) is 24.3 Å². The lowest BCUT2D eigenvalue weighted by Crippen LogP contribution is -2.41. The van der Waals surface area contributed by atoms with Crippen LogP contribution in [-0.4, -0.2) is 29.1 Å². The van der Waals surface area contributed by atoms with Crippen LogP contribution in [0, 0.1) is 0 Å². The zero-order chi connectivity index (χ0) is 14.4. The Bertz CT molecular complexity index is 459. The van der Waals surface area contributed by atoms with Crippen molar-refractivity contribution in [2.75, 3.05) is 0 Å². The number of ether oxygens (including phenoxy) is 1. The molecule has 0 saturated heterocycles. The summed E-state index contributed by atoms with van der Waals surface area (Å²) in [7, 11) is 0. The quantitative estimate of drug-likeness (QED) is 0.825. The molecule has 0 aliphatic rings. The van der Waals surface area contributed by atoms with Crippen LogP contribution in [0.1, 0.15) is 37.6 Å². The van der Waals surface area contributed by atoms with E-state index in [9.17, 15) is 9.59 Å². The van der Waals surface area contributed by atoms with Crippen molar-refractivity contribution in [3.8, 4) is 5.75 Å². The Morgan fingerprint density at radius 1 is 1.32 bits per heavy atom. The molecule has 0 bridgehead atoms. The van der Waals surface area contributed by atoms with E-state index in [4.69, 9.17) is 9.84 Å². The Hall–Kier alpha value is -2.04. The van der Waals surface area contributed by atoms with Crippen molar-refractivity contribution in [3.63, 3.8) is 0 Å². The lowest BCUT2D eigenvalue weighted by molar-refractivity contribution is -0.127. The van der Waals surface area contributed by atoms with Crippen molar-refractivity contribution < 1.29 is 19.4 Å². The fraction of sp³-hybridized carbons (Fsp3) is 0.429. The lowest BCUT2D eigenvalue weighted by atomic mass is 10.2. The summed E-state index contributed by atoms with van der Waals surface area (Å²) in [6.45, 7) is 5.46. The first-order valence-corrected chi connectivity index (χ1v) is 6.25. The second-order valence-electron chi connectivity index (χ2n) is 4.38. The number of carbonyl (C=O) groups is 2. The Morgan fingerprint density at radius 3 is 2.53 bits per heavy atom. The number of hydrogen-bond acceptors (Lipinski definition) is 3. The maximum atomic E-state index is 11.8. The van der Waals surface area contributed by atoms with Crippen LogP contribution in [0.3, 0.4) is 0 Å². The molecule has 2 N–H and O–H groups in total. The lowest BCUT2D eigenvalue weighted by Gasteiger charge is -2.18. The van der Waals surface area contributed by atoms with Crippen LogP contribution in [0.4, 0.5) is 0 Å². The third-order valence-electron chi connectivity index (χ3n) is 2.79. The summed E-state index contributed by atoms with van der Waals surface area (Å²) in [6, 6.07) is 6.32. The van der Waals surface area contributed by atoms with Gasteiger partial charge in [-0.2, -0.15) is 0 Å². The van der Waals surface area contributed by atoms with E-state index in [0.717, 1.165) is 6.42 Å². The van der Waals surface area contributed by atoms with E-state index in [-0.39, 0.29) is 23.3 Å². The number of carbonyl (C=O) groups excluding carboxylic acids is 1. The minimum Gasteiger partial charge on any atom is -0.480 e. The summed E-state index contributed by atoms with van der Waals surface area (Å²) in [4.78, 5) is 22.8. The molecule has 0 aromatic heterocycles. The predicted octanol–water partition coefficient (Wildman–Crippen LogP) is 2.07. The van der Waals surface area contributed by atoms with Gasteiger partial charge in [0.15, 0.2) is 6.10 Å². The number of nitrogens with one attached hydrogen (secondary N) is 1. The number of carboxylic acid groups (broad SMARTS) is 1. The molecular weight excluding hydrogens is 246 g/mol. The molecule has 1 aromatic rings. The average molecular weight is 265 g/mol. The van der Waals surface area contributed by atoms with Gasteiger partial charge in [-0.15, -0.1) is 0 Å². The highest BCUT2D eigenvalue weighted by molar-refractivity contribution is 5.91. The van der Waals surface area contributed by atoms with Crippen molar-refractivity contribution >= 4 is 11.9 Å². The van der Waals surface area contributed by atoms with Crippen LogP contribution in [0.2, 0.25) is 0 Å². The Balaban J connectivity index is 2.74. The van der Waals surface area contributed by atoms with Crippen molar-refractivity contribution in [1.29, 1.82) is 0 Å². The van der Waals surface area contributed by atoms with Gasteiger partial charge >= 0.3 is 5.97 Å². The topological polar surface area (TPSA) is 75.6 Å². The van der Waals surface area contributed by atoms with Crippen molar-refractivity contribution in [2.45, 2.75) is 39.3 Å². The highest BCUT2D eigenvalue weighted by atomic mass is 16.5. The van der Waals surface area contributed by atoms with Crippen LogP contribution in [0.25, 0.3) is 0 Å². The number of rotatable bonds is 6. The van der Waals surface area contributed by atoms with E-state index >= 15 is 0 Å². The zero-order valence-corrected chi connectivity index (χ0v) is 11.3. The monoisotopic (exact) mass is 265 g/mol. The van der Waals surface area contributed by atoms with Gasteiger partial charge in [-0.05, 0) is 32.4 Å². The molecule has 0 radical (unpaired) electrons. The van der Waals surface area contributed by atoms with E-state index in [0.29, 0.717) is 0 Å². The molecule has 1 rings (SSSR count). The first kappa shape index (κ1) is 15.0. The fourth-order valence-corrected chi connectivity index (χ4v) is 1.45. The van der Waals surface area contributed by atoms with E-state index < -0.39 is 12.1 Å². The number of aromatic carboxylic acids is 1. The van der Waals surface area contributed by atoms with Gasteiger partial charge in [0.25, 0.3) is 5.91 Å². The standard InChI is InChI=1S/C14H19NO4/c1-4-9(2)15-13(16)10(3)19-12-8-6-5-7-11(12)14(17)18/h5-10H,4H2,1-3H3,(H,15,16)(H,17,18). The molecule has 104 valence electrons.